The highest BCUT2D eigenvalue weighted by atomic mass is 16.5. The van der Waals surface area contributed by atoms with Gasteiger partial charge in [0.25, 0.3) is 0 Å². The van der Waals surface area contributed by atoms with Gasteiger partial charge < -0.3 is 4.74 Å². The van der Waals surface area contributed by atoms with Crippen molar-refractivity contribution in [1.82, 2.24) is 4.90 Å². The Kier molecular flexibility index (Phi) is 5.51. The zero-order valence-corrected chi connectivity index (χ0v) is 12.7. The fraction of sp³-hybridized carbons (Fsp3) is 0.529. The van der Waals surface area contributed by atoms with Crippen LogP contribution in [-0.2, 0) is 14.3 Å². The monoisotopic (exact) mass is 289 g/mol. The number of nitrogens with zero attached hydrogens (tertiary/aromatic N) is 1. The molecule has 4 heteroatoms. The van der Waals surface area contributed by atoms with Crippen molar-refractivity contribution in [1.29, 1.82) is 0 Å². The maximum Gasteiger partial charge on any atom is 0.317 e. The number of esters is 1. The van der Waals surface area contributed by atoms with Gasteiger partial charge in [0.1, 0.15) is 11.7 Å². The standard InChI is InChI=1S/C17H23NO3/c1-3-21-17(20)15-12-18(11-7-10-16(15)19)13(2)14-8-5-4-6-9-14/h4-6,8-9,13,15H,3,7,10-12H2,1-2H3. The van der Waals surface area contributed by atoms with Gasteiger partial charge in [0, 0.05) is 19.0 Å². The molecule has 1 aromatic carbocycles. The van der Waals surface area contributed by atoms with E-state index >= 15 is 0 Å². The summed E-state index contributed by atoms with van der Waals surface area (Å²) in [5.41, 5.74) is 1.20. The van der Waals surface area contributed by atoms with Crippen LogP contribution < -0.4 is 0 Å². The summed E-state index contributed by atoms with van der Waals surface area (Å²) in [7, 11) is 0. The lowest BCUT2D eigenvalue weighted by molar-refractivity contribution is -0.152. The average Bonchev–Trinajstić information content (AvgIpc) is 2.69. The molecule has 1 aliphatic rings. The second-order valence-electron chi connectivity index (χ2n) is 5.46. The number of Topliss-reactive ketones (excluding diaryl/α,β-unsaturated/α-hetero) is 1. The first-order valence-electron chi connectivity index (χ1n) is 7.61. The maximum absolute atomic E-state index is 12.1. The molecule has 2 atom stereocenters. The van der Waals surface area contributed by atoms with E-state index < -0.39 is 5.92 Å². The number of hydrogen-bond donors (Lipinski definition) is 0. The topological polar surface area (TPSA) is 46.6 Å². The van der Waals surface area contributed by atoms with Gasteiger partial charge in [-0.15, -0.1) is 0 Å². The lowest BCUT2D eigenvalue weighted by Gasteiger charge is -2.29. The average molecular weight is 289 g/mol. The first-order chi connectivity index (χ1) is 10.1. The van der Waals surface area contributed by atoms with Crippen LogP contribution in [0.1, 0.15) is 38.3 Å². The normalized spacial score (nSPS) is 21.6. The molecular weight excluding hydrogens is 266 g/mol. The van der Waals surface area contributed by atoms with E-state index in [1.807, 2.05) is 18.2 Å². The van der Waals surface area contributed by atoms with Crippen molar-refractivity contribution in [3.63, 3.8) is 0 Å². The van der Waals surface area contributed by atoms with E-state index in [2.05, 4.69) is 24.0 Å². The van der Waals surface area contributed by atoms with Gasteiger partial charge in [0.15, 0.2) is 0 Å². The van der Waals surface area contributed by atoms with Crippen LogP contribution in [0.5, 0.6) is 0 Å². The molecule has 114 valence electrons. The number of hydrogen-bond acceptors (Lipinski definition) is 4. The Hall–Kier alpha value is -1.68. The number of ether oxygens (including phenoxy) is 1. The van der Waals surface area contributed by atoms with Crippen LogP contribution in [0, 0.1) is 5.92 Å². The van der Waals surface area contributed by atoms with E-state index in [9.17, 15) is 9.59 Å². The van der Waals surface area contributed by atoms with Crippen molar-refractivity contribution >= 4 is 11.8 Å². The third kappa shape index (κ3) is 3.91. The number of rotatable bonds is 4. The summed E-state index contributed by atoms with van der Waals surface area (Å²) in [6, 6.07) is 10.4. The van der Waals surface area contributed by atoms with Gasteiger partial charge in [-0.05, 0) is 32.4 Å². The summed E-state index contributed by atoms with van der Waals surface area (Å²) in [5.74, 6) is -1.01. The van der Waals surface area contributed by atoms with E-state index in [1.54, 1.807) is 6.92 Å². The number of ketones is 1. The summed E-state index contributed by atoms with van der Waals surface area (Å²) in [6.07, 6.45) is 1.26. The molecule has 1 heterocycles. The molecule has 0 radical (unpaired) electrons. The molecule has 1 aliphatic heterocycles. The SMILES string of the molecule is CCOC(=O)C1CN(C(C)c2ccccc2)CCCC1=O. The van der Waals surface area contributed by atoms with Crippen LogP contribution in [0.3, 0.4) is 0 Å². The lowest BCUT2D eigenvalue weighted by Crippen LogP contribution is -2.37. The summed E-state index contributed by atoms with van der Waals surface area (Å²) in [4.78, 5) is 26.3. The largest absolute Gasteiger partial charge is 0.465 e. The highest BCUT2D eigenvalue weighted by molar-refractivity contribution is 5.99. The predicted octanol–water partition coefficient (Wildman–Crippen LogP) is 2.59. The highest BCUT2D eigenvalue weighted by Crippen LogP contribution is 2.25. The second kappa shape index (κ2) is 7.36. The Balaban J connectivity index is 2.13. The molecule has 0 bridgehead atoms. The fourth-order valence-electron chi connectivity index (χ4n) is 2.80. The third-order valence-corrected chi connectivity index (χ3v) is 4.08. The van der Waals surface area contributed by atoms with Crippen LogP contribution in [0.2, 0.25) is 0 Å². The van der Waals surface area contributed by atoms with Gasteiger partial charge >= 0.3 is 5.97 Å². The van der Waals surface area contributed by atoms with E-state index in [1.165, 1.54) is 5.56 Å². The minimum Gasteiger partial charge on any atom is -0.465 e. The maximum atomic E-state index is 12.1. The number of carbonyl (C=O) groups excluding carboxylic acids is 2. The zero-order chi connectivity index (χ0) is 15.2. The molecule has 0 N–H and O–H groups in total. The number of likely N-dealkylation sites (tertiary alicyclic amines) is 1. The van der Waals surface area contributed by atoms with Crippen LogP contribution in [0.25, 0.3) is 0 Å². The van der Waals surface area contributed by atoms with Crippen molar-refractivity contribution in [2.75, 3.05) is 19.7 Å². The molecular formula is C17H23NO3. The van der Waals surface area contributed by atoms with E-state index in [-0.39, 0.29) is 17.8 Å². The van der Waals surface area contributed by atoms with Gasteiger partial charge in [0.05, 0.1) is 6.61 Å². The molecule has 4 nitrogen and oxygen atoms in total. The quantitative estimate of drug-likeness (QED) is 0.631. The Morgan fingerprint density at radius 3 is 2.76 bits per heavy atom. The smallest absolute Gasteiger partial charge is 0.317 e. The molecule has 1 fully saturated rings. The van der Waals surface area contributed by atoms with Crippen LogP contribution in [-0.4, -0.2) is 36.3 Å². The minimum atomic E-state index is -0.640. The summed E-state index contributed by atoms with van der Waals surface area (Å²) in [5, 5.41) is 0. The zero-order valence-electron chi connectivity index (χ0n) is 12.7. The second-order valence-corrected chi connectivity index (χ2v) is 5.46. The molecule has 1 saturated heterocycles. The van der Waals surface area contributed by atoms with Gasteiger partial charge in [0.2, 0.25) is 0 Å². The Morgan fingerprint density at radius 2 is 2.10 bits per heavy atom. The van der Waals surface area contributed by atoms with Crippen LogP contribution >= 0.6 is 0 Å². The van der Waals surface area contributed by atoms with Gasteiger partial charge in [-0.2, -0.15) is 0 Å². The molecule has 0 spiro atoms. The van der Waals surface area contributed by atoms with Gasteiger partial charge in [-0.25, -0.2) is 0 Å². The van der Waals surface area contributed by atoms with E-state index in [0.717, 1.165) is 13.0 Å². The molecule has 21 heavy (non-hydrogen) atoms. The number of benzene rings is 1. The third-order valence-electron chi connectivity index (χ3n) is 4.08. The van der Waals surface area contributed by atoms with Gasteiger partial charge in [-0.1, -0.05) is 30.3 Å². The van der Waals surface area contributed by atoms with Crippen molar-refractivity contribution in [3.05, 3.63) is 35.9 Å². The molecule has 0 saturated carbocycles. The molecule has 2 unspecified atom stereocenters. The van der Waals surface area contributed by atoms with Crippen molar-refractivity contribution in [3.8, 4) is 0 Å². The first kappa shape index (κ1) is 15.7. The van der Waals surface area contributed by atoms with Crippen molar-refractivity contribution < 1.29 is 14.3 Å². The lowest BCUT2D eigenvalue weighted by atomic mass is 10.0. The summed E-state index contributed by atoms with van der Waals surface area (Å²) >= 11 is 0. The Bertz CT molecular complexity index is 486. The van der Waals surface area contributed by atoms with Crippen LogP contribution in [0.15, 0.2) is 30.3 Å². The van der Waals surface area contributed by atoms with E-state index in [0.29, 0.717) is 19.6 Å². The van der Waals surface area contributed by atoms with Crippen LogP contribution in [0.4, 0.5) is 0 Å². The molecule has 0 amide bonds. The molecule has 1 aromatic rings. The highest BCUT2D eigenvalue weighted by Gasteiger charge is 2.33. The molecule has 2 rings (SSSR count). The fourth-order valence-corrected chi connectivity index (χ4v) is 2.80. The molecule has 0 aromatic heterocycles. The van der Waals surface area contributed by atoms with Crippen molar-refractivity contribution in [2.24, 2.45) is 5.92 Å². The summed E-state index contributed by atoms with van der Waals surface area (Å²) < 4.78 is 5.05. The summed E-state index contributed by atoms with van der Waals surface area (Å²) in [6.45, 7) is 5.49. The predicted molar refractivity (Wildman–Crippen MR) is 80.8 cm³/mol. The Labute approximate surface area is 126 Å². The molecule has 0 aliphatic carbocycles. The minimum absolute atomic E-state index is 0.0104. The van der Waals surface area contributed by atoms with Crippen molar-refractivity contribution in [2.45, 2.75) is 32.7 Å². The van der Waals surface area contributed by atoms with E-state index in [4.69, 9.17) is 4.74 Å². The first-order valence-corrected chi connectivity index (χ1v) is 7.61. The number of carbonyl (C=O) groups is 2. The Morgan fingerprint density at radius 1 is 1.38 bits per heavy atom. The van der Waals surface area contributed by atoms with Gasteiger partial charge in [-0.3, -0.25) is 14.5 Å².